The minimum absolute atomic E-state index is 0.157. The van der Waals surface area contributed by atoms with E-state index in [1.807, 2.05) is 32.3 Å². The standard InChI is InChI=1S/C17H20N4O2/c1-21(2)15-14(9-6-10-18-15)17(23)20-12-11-19-16(22)13-7-4-3-5-8-13/h3-10H,11-12H2,1-2H3,(H,19,22)(H,20,23). The fraction of sp³-hybridized carbons (Fsp3) is 0.235. The molecule has 0 aliphatic heterocycles. The molecule has 0 bridgehead atoms. The Kier molecular flexibility index (Phi) is 5.68. The van der Waals surface area contributed by atoms with E-state index in [2.05, 4.69) is 15.6 Å². The van der Waals surface area contributed by atoms with Crippen molar-refractivity contribution in [3.8, 4) is 0 Å². The second kappa shape index (κ2) is 7.93. The van der Waals surface area contributed by atoms with Gasteiger partial charge in [0.15, 0.2) is 0 Å². The number of amides is 2. The zero-order valence-corrected chi connectivity index (χ0v) is 13.2. The van der Waals surface area contributed by atoms with Crippen molar-refractivity contribution in [1.82, 2.24) is 15.6 Å². The summed E-state index contributed by atoms with van der Waals surface area (Å²) in [6, 6.07) is 12.4. The van der Waals surface area contributed by atoms with Crippen LogP contribution in [0.1, 0.15) is 20.7 Å². The second-order valence-electron chi connectivity index (χ2n) is 5.15. The van der Waals surface area contributed by atoms with Crippen LogP contribution < -0.4 is 15.5 Å². The van der Waals surface area contributed by atoms with Gasteiger partial charge in [-0.05, 0) is 24.3 Å². The normalized spacial score (nSPS) is 10.0. The van der Waals surface area contributed by atoms with Gasteiger partial charge in [0, 0.05) is 38.9 Å². The zero-order valence-electron chi connectivity index (χ0n) is 13.2. The minimum atomic E-state index is -0.212. The molecular formula is C17H20N4O2. The van der Waals surface area contributed by atoms with Crippen molar-refractivity contribution in [2.24, 2.45) is 0 Å². The second-order valence-corrected chi connectivity index (χ2v) is 5.15. The number of nitrogens with zero attached hydrogens (tertiary/aromatic N) is 2. The van der Waals surface area contributed by atoms with Crippen LogP contribution in [0.5, 0.6) is 0 Å². The maximum Gasteiger partial charge on any atom is 0.255 e. The van der Waals surface area contributed by atoms with E-state index in [1.165, 1.54) is 0 Å². The van der Waals surface area contributed by atoms with Crippen molar-refractivity contribution in [3.05, 3.63) is 59.8 Å². The molecule has 0 fully saturated rings. The lowest BCUT2D eigenvalue weighted by Crippen LogP contribution is -2.35. The summed E-state index contributed by atoms with van der Waals surface area (Å²) in [5.41, 5.74) is 1.10. The average Bonchev–Trinajstić information content (AvgIpc) is 2.59. The topological polar surface area (TPSA) is 74.3 Å². The molecule has 0 aliphatic rings. The number of anilines is 1. The number of hydrogen-bond donors (Lipinski definition) is 2. The molecule has 1 aromatic carbocycles. The molecule has 0 saturated heterocycles. The Morgan fingerprint density at radius 3 is 2.26 bits per heavy atom. The Balaban J connectivity index is 1.83. The van der Waals surface area contributed by atoms with E-state index in [0.717, 1.165) is 0 Å². The first-order valence-electron chi connectivity index (χ1n) is 7.33. The maximum atomic E-state index is 12.2. The third kappa shape index (κ3) is 4.54. The van der Waals surface area contributed by atoms with Crippen LogP contribution in [0.4, 0.5) is 5.82 Å². The maximum absolute atomic E-state index is 12.2. The lowest BCUT2D eigenvalue weighted by Gasteiger charge is -2.15. The van der Waals surface area contributed by atoms with E-state index >= 15 is 0 Å². The molecule has 0 saturated carbocycles. The minimum Gasteiger partial charge on any atom is -0.362 e. The van der Waals surface area contributed by atoms with Gasteiger partial charge in [-0.2, -0.15) is 0 Å². The van der Waals surface area contributed by atoms with Crippen LogP contribution in [0.25, 0.3) is 0 Å². The van der Waals surface area contributed by atoms with Gasteiger partial charge in [0.05, 0.1) is 5.56 Å². The highest BCUT2D eigenvalue weighted by Crippen LogP contribution is 2.13. The fourth-order valence-electron chi connectivity index (χ4n) is 2.07. The summed E-state index contributed by atoms with van der Waals surface area (Å²) in [5, 5.41) is 5.54. The third-order valence-electron chi connectivity index (χ3n) is 3.19. The molecular weight excluding hydrogens is 292 g/mol. The lowest BCUT2D eigenvalue weighted by molar-refractivity contribution is 0.0928. The van der Waals surface area contributed by atoms with E-state index in [4.69, 9.17) is 0 Å². The Bertz CT molecular complexity index is 671. The summed E-state index contributed by atoms with van der Waals surface area (Å²) in [6.07, 6.45) is 1.65. The number of carbonyl (C=O) groups is 2. The van der Waals surface area contributed by atoms with Gasteiger partial charge >= 0.3 is 0 Å². The molecule has 2 amide bonds. The highest BCUT2D eigenvalue weighted by molar-refractivity contribution is 5.99. The van der Waals surface area contributed by atoms with Gasteiger partial charge in [0.1, 0.15) is 5.82 Å². The van der Waals surface area contributed by atoms with E-state index in [0.29, 0.717) is 30.0 Å². The first kappa shape index (κ1) is 16.5. The number of rotatable bonds is 6. The van der Waals surface area contributed by atoms with E-state index in [-0.39, 0.29) is 11.8 Å². The van der Waals surface area contributed by atoms with Crippen LogP contribution in [0.15, 0.2) is 48.7 Å². The highest BCUT2D eigenvalue weighted by Gasteiger charge is 2.13. The van der Waals surface area contributed by atoms with Crippen LogP contribution in [0, 0.1) is 0 Å². The molecule has 0 spiro atoms. The number of pyridine rings is 1. The molecule has 23 heavy (non-hydrogen) atoms. The Labute approximate surface area is 135 Å². The van der Waals surface area contributed by atoms with Gasteiger partial charge in [-0.1, -0.05) is 18.2 Å². The van der Waals surface area contributed by atoms with E-state index in [1.54, 1.807) is 35.4 Å². The van der Waals surface area contributed by atoms with Crippen LogP contribution in [0.3, 0.4) is 0 Å². The van der Waals surface area contributed by atoms with Crippen LogP contribution in [0.2, 0.25) is 0 Å². The molecule has 6 heteroatoms. The SMILES string of the molecule is CN(C)c1ncccc1C(=O)NCCNC(=O)c1ccccc1. The molecule has 1 aromatic heterocycles. The first-order chi connectivity index (χ1) is 11.1. The first-order valence-corrected chi connectivity index (χ1v) is 7.33. The molecule has 1 heterocycles. The highest BCUT2D eigenvalue weighted by atomic mass is 16.2. The van der Waals surface area contributed by atoms with Crippen LogP contribution >= 0.6 is 0 Å². The smallest absolute Gasteiger partial charge is 0.255 e. The van der Waals surface area contributed by atoms with Gasteiger partial charge in [-0.15, -0.1) is 0 Å². The van der Waals surface area contributed by atoms with E-state index in [9.17, 15) is 9.59 Å². The predicted molar refractivity (Wildman–Crippen MR) is 89.7 cm³/mol. The molecule has 120 valence electrons. The Morgan fingerprint density at radius 1 is 0.957 bits per heavy atom. The molecule has 0 aliphatic carbocycles. The monoisotopic (exact) mass is 312 g/mol. The predicted octanol–water partition coefficient (Wildman–Crippen LogP) is 1.31. The largest absolute Gasteiger partial charge is 0.362 e. The lowest BCUT2D eigenvalue weighted by atomic mass is 10.2. The molecule has 0 radical (unpaired) electrons. The molecule has 6 nitrogen and oxygen atoms in total. The van der Waals surface area contributed by atoms with Gasteiger partial charge < -0.3 is 15.5 Å². The number of carbonyl (C=O) groups excluding carboxylic acids is 2. The van der Waals surface area contributed by atoms with Crippen molar-refractivity contribution in [2.75, 3.05) is 32.1 Å². The number of benzene rings is 1. The number of aromatic nitrogens is 1. The van der Waals surface area contributed by atoms with Crippen LogP contribution in [-0.4, -0.2) is 44.0 Å². The van der Waals surface area contributed by atoms with Crippen LogP contribution in [-0.2, 0) is 0 Å². The quantitative estimate of drug-likeness (QED) is 0.789. The van der Waals surface area contributed by atoms with E-state index < -0.39 is 0 Å². The van der Waals surface area contributed by atoms with Crippen molar-refractivity contribution in [3.63, 3.8) is 0 Å². The summed E-state index contributed by atoms with van der Waals surface area (Å²) < 4.78 is 0. The molecule has 0 unspecified atom stereocenters. The third-order valence-corrected chi connectivity index (χ3v) is 3.19. The number of hydrogen-bond acceptors (Lipinski definition) is 4. The molecule has 2 aromatic rings. The van der Waals surface area contributed by atoms with Gasteiger partial charge in [0.25, 0.3) is 11.8 Å². The number of nitrogens with one attached hydrogen (secondary N) is 2. The van der Waals surface area contributed by atoms with Crippen molar-refractivity contribution < 1.29 is 9.59 Å². The summed E-state index contributed by atoms with van der Waals surface area (Å²) in [4.78, 5) is 30.0. The average molecular weight is 312 g/mol. The van der Waals surface area contributed by atoms with Gasteiger partial charge in [-0.25, -0.2) is 4.98 Å². The van der Waals surface area contributed by atoms with Gasteiger partial charge in [-0.3, -0.25) is 9.59 Å². The zero-order chi connectivity index (χ0) is 16.7. The van der Waals surface area contributed by atoms with Gasteiger partial charge in [0.2, 0.25) is 0 Å². The fourth-order valence-corrected chi connectivity index (χ4v) is 2.07. The Hall–Kier alpha value is -2.89. The summed E-state index contributed by atoms with van der Waals surface area (Å²) in [6.45, 7) is 0.705. The summed E-state index contributed by atoms with van der Waals surface area (Å²) >= 11 is 0. The molecule has 2 N–H and O–H groups in total. The summed E-state index contributed by atoms with van der Waals surface area (Å²) in [7, 11) is 3.67. The molecule has 2 rings (SSSR count). The molecule has 0 atom stereocenters. The Morgan fingerprint density at radius 2 is 1.61 bits per heavy atom. The summed E-state index contributed by atoms with van der Waals surface area (Å²) in [5.74, 6) is 0.240. The van der Waals surface area contributed by atoms with Crippen molar-refractivity contribution in [1.29, 1.82) is 0 Å². The van der Waals surface area contributed by atoms with Crippen molar-refractivity contribution in [2.45, 2.75) is 0 Å². The van der Waals surface area contributed by atoms with Crippen molar-refractivity contribution >= 4 is 17.6 Å².